The lowest BCUT2D eigenvalue weighted by molar-refractivity contribution is 0.0667. The average molecular weight is 483 g/mol. The molecule has 0 spiro atoms. The number of piperidine rings is 1. The van der Waals surface area contributed by atoms with Gasteiger partial charge >= 0.3 is 0 Å². The van der Waals surface area contributed by atoms with Gasteiger partial charge in [-0.15, -0.1) is 0 Å². The number of rotatable bonds is 4. The normalized spacial score (nSPS) is 18.9. The third-order valence-electron chi connectivity index (χ3n) is 7.83. The first-order chi connectivity index (χ1) is 17.6. The van der Waals surface area contributed by atoms with Gasteiger partial charge in [0.2, 0.25) is 0 Å². The van der Waals surface area contributed by atoms with Crippen LogP contribution in [0.2, 0.25) is 0 Å². The molecule has 2 fully saturated rings. The second kappa shape index (κ2) is 9.04. The van der Waals surface area contributed by atoms with Crippen LogP contribution in [0.25, 0.3) is 28.0 Å². The quantitative estimate of drug-likeness (QED) is 0.472. The van der Waals surface area contributed by atoms with Gasteiger partial charge in [-0.2, -0.15) is 15.5 Å². The van der Waals surface area contributed by atoms with Gasteiger partial charge in [-0.05, 0) is 69.6 Å². The summed E-state index contributed by atoms with van der Waals surface area (Å²) < 4.78 is 9.53. The lowest BCUT2D eigenvalue weighted by Gasteiger charge is -2.36. The molecule has 2 N–H and O–H groups in total. The zero-order chi connectivity index (χ0) is 24.7. The smallest absolute Gasteiger partial charge is 0.152 e. The third-order valence-corrected chi connectivity index (χ3v) is 7.83. The molecule has 6 rings (SSSR count). The molecular formula is C27H30N8O. The summed E-state index contributed by atoms with van der Waals surface area (Å²) in [6.45, 7) is 3.30. The van der Waals surface area contributed by atoms with Crippen LogP contribution in [0.4, 0.5) is 5.82 Å². The molecule has 0 atom stereocenters. The second-order valence-electron chi connectivity index (χ2n) is 9.93. The Labute approximate surface area is 210 Å². The fourth-order valence-electron chi connectivity index (χ4n) is 5.66. The van der Waals surface area contributed by atoms with Crippen molar-refractivity contribution in [3.63, 3.8) is 0 Å². The van der Waals surface area contributed by atoms with Gasteiger partial charge in [0, 0.05) is 30.5 Å². The van der Waals surface area contributed by atoms with Crippen LogP contribution in [0.1, 0.15) is 37.3 Å². The van der Waals surface area contributed by atoms with Crippen molar-refractivity contribution < 1.29 is 4.74 Å². The number of nitrogens with zero attached hydrogens (tertiary/aromatic N) is 7. The standard InChI is InChI=1S/C27H30N8O/c1-33-11-8-27(17-28,9-12-33)20-4-2-3-19(15-20)24-16-22(25-26(29)30-18-32-35(24)25)23-5-10-31-34(23)21-6-13-36-14-7-21/h2-5,10,15-16,18,21H,6-9,11-14H2,1H3,(H2,29,30,32). The second-order valence-corrected chi connectivity index (χ2v) is 9.93. The van der Waals surface area contributed by atoms with Gasteiger partial charge in [-0.3, -0.25) is 4.68 Å². The molecule has 0 radical (unpaired) electrons. The Bertz CT molecular complexity index is 1430. The third kappa shape index (κ3) is 3.74. The minimum absolute atomic E-state index is 0.274. The molecule has 1 aromatic carbocycles. The number of nitrogens with two attached hydrogens (primary N) is 1. The van der Waals surface area contributed by atoms with E-state index in [1.165, 1.54) is 6.33 Å². The zero-order valence-electron chi connectivity index (χ0n) is 20.5. The highest BCUT2D eigenvalue weighted by Gasteiger charge is 2.36. The van der Waals surface area contributed by atoms with Gasteiger partial charge in [0.25, 0.3) is 0 Å². The van der Waals surface area contributed by atoms with Crippen molar-refractivity contribution in [1.29, 1.82) is 5.26 Å². The van der Waals surface area contributed by atoms with Gasteiger partial charge in [-0.25, -0.2) is 9.50 Å². The Morgan fingerprint density at radius 1 is 1.08 bits per heavy atom. The van der Waals surface area contributed by atoms with Crippen LogP contribution in [-0.4, -0.2) is 62.6 Å². The number of likely N-dealkylation sites (tertiary alicyclic amines) is 1. The number of ether oxygens (including phenoxy) is 1. The van der Waals surface area contributed by atoms with Gasteiger partial charge in [0.1, 0.15) is 11.8 Å². The molecule has 9 heteroatoms. The topological polar surface area (TPSA) is 110 Å². The summed E-state index contributed by atoms with van der Waals surface area (Å²) in [6, 6.07) is 15.4. The maximum Gasteiger partial charge on any atom is 0.152 e. The summed E-state index contributed by atoms with van der Waals surface area (Å²) in [5.41, 5.74) is 11.6. The molecule has 3 aromatic heterocycles. The fourth-order valence-corrected chi connectivity index (χ4v) is 5.66. The molecule has 5 heterocycles. The SMILES string of the molecule is CN1CCC(C#N)(c2cccc(-c3cc(-c4ccnn4C4CCOCC4)c4c(N)ncnn34)c2)CC1. The molecule has 36 heavy (non-hydrogen) atoms. The molecule has 2 saturated heterocycles. The van der Waals surface area contributed by atoms with E-state index in [1.54, 1.807) is 0 Å². The van der Waals surface area contributed by atoms with Crippen LogP contribution in [-0.2, 0) is 10.2 Å². The number of nitriles is 1. The molecule has 0 unspecified atom stereocenters. The molecule has 0 bridgehead atoms. The molecule has 4 aromatic rings. The molecular weight excluding hydrogens is 452 g/mol. The van der Waals surface area contributed by atoms with Crippen LogP contribution in [0.15, 0.2) is 48.9 Å². The van der Waals surface area contributed by atoms with Crippen molar-refractivity contribution in [1.82, 2.24) is 29.3 Å². The molecule has 2 aliphatic rings. The first kappa shape index (κ1) is 22.7. The number of hydrogen-bond donors (Lipinski definition) is 1. The highest BCUT2D eigenvalue weighted by Crippen LogP contribution is 2.39. The van der Waals surface area contributed by atoms with E-state index in [2.05, 4.69) is 62.1 Å². The van der Waals surface area contributed by atoms with Crippen LogP contribution >= 0.6 is 0 Å². The Kier molecular flexibility index (Phi) is 5.70. The number of fused-ring (bicyclic) bond motifs is 1. The van der Waals surface area contributed by atoms with Gasteiger partial charge in [0.05, 0.1) is 28.9 Å². The lowest BCUT2D eigenvalue weighted by atomic mass is 9.73. The van der Waals surface area contributed by atoms with E-state index in [0.29, 0.717) is 5.82 Å². The van der Waals surface area contributed by atoms with Crippen molar-refractivity contribution >= 4 is 11.3 Å². The lowest BCUT2D eigenvalue weighted by Crippen LogP contribution is -2.39. The van der Waals surface area contributed by atoms with E-state index in [0.717, 1.165) is 85.6 Å². The number of aromatic nitrogens is 5. The molecule has 184 valence electrons. The fraction of sp³-hybridized carbons (Fsp3) is 0.407. The highest BCUT2D eigenvalue weighted by molar-refractivity contribution is 5.91. The minimum atomic E-state index is -0.478. The summed E-state index contributed by atoms with van der Waals surface area (Å²) in [7, 11) is 2.11. The molecule has 2 aliphatic heterocycles. The van der Waals surface area contributed by atoms with Crippen LogP contribution in [0.3, 0.4) is 0 Å². The van der Waals surface area contributed by atoms with E-state index in [1.807, 2.05) is 22.8 Å². The Hall–Kier alpha value is -3.74. The summed E-state index contributed by atoms with van der Waals surface area (Å²) in [4.78, 5) is 6.58. The predicted molar refractivity (Wildman–Crippen MR) is 137 cm³/mol. The van der Waals surface area contributed by atoms with E-state index < -0.39 is 5.41 Å². The molecule has 9 nitrogen and oxygen atoms in total. The van der Waals surface area contributed by atoms with Crippen LogP contribution < -0.4 is 5.73 Å². The van der Waals surface area contributed by atoms with Crippen molar-refractivity contribution in [3.05, 3.63) is 54.5 Å². The van der Waals surface area contributed by atoms with E-state index in [9.17, 15) is 5.26 Å². The average Bonchev–Trinajstić information content (AvgIpc) is 3.56. The predicted octanol–water partition coefficient (Wildman–Crippen LogP) is 3.68. The maximum atomic E-state index is 10.2. The summed E-state index contributed by atoms with van der Waals surface area (Å²) in [6.07, 6.45) is 6.82. The van der Waals surface area contributed by atoms with Gasteiger partial charge in [-0.1, -0.05) is 18.2 Å². The zero-order valence-corrected chi connectivity index (χ0v) is 20.5. The minimum Gasteiger partial charge on any atom is -0.382 e. The summed E-state index contributed by atoms with van der Waals surface area (Å²) in [5, 5.41) is 19.5. The largest absolute Gasteiger partial charge is 0.382 e. The number of nitrogen functional groups attached to an aromatic ring is 1. The number of hydrogen-bond acceptors (Lipinski definition) is 7. The van der Waals surface area contributed by atoms with Crippen molar-refractivity contribution in [2.24, 2.45) is 0 Å². The number of anilines is 1. The molecule has 0 aliphatic carbocycles. The van der Waals surface area contributed by atoms with Crippen LogP contribution in [0, 0.1) is 11.3 Å². The highest BCUT2D eigenvalue weighted by atomic mass is 16.5. The first-order valence-corrected chi connectivity index (χ1v) is 12.5. The Morgan fingerprint density at radius 3 is 2.67 bits per heavy atom. The Balaban J connectivity index is 1.48. The Morgan fingerprint density at radius 2 is 1.89 bits per heavy atom. The molecule has 0 saturated carbocycles. The van der Waals surface area contributed by atoms with Gasteiger partial charge in [0.15, 0.2) is 5.82 Å². The first-order valence-electron chi connectivity index (χ1n) is 12.5. The molecule has 0 amide bonds. The van der Waals surface area contributed by atoms with E-state index in [-0.39, 0.29) is 6.04 Å². The monoisotopic (exact) mass is 482 g/mol. The van der Waals surface area contributed by atoms with Crippen LogP contribution in [0.5, 0.6) is 0 Å². The maximum absolute atomic E-state index is 10.2. The van der Waals surface area contributed by atoms with E-state index in [4.69, 9.17) is 10.5 Å². The van der Waals surface area contributed by atoms with Crippen molar-refractivity contribution in [3.8, 4) is 28.6 Å². The summed E-state index contributed by atoms with van der Waals surface area (Å²) in [5.74, 6) is 0.422. The number of benzene rings is 1. The summed E-state index contributed by atoms with van der Waals surface area (Å²) >= 11 is 0. The van der Waals surface area contributed by atoms with Crippen molar-refractivity contribution in [2.45, 2.75) is 37.1 Å². The van der Waals surface area contributed by atoms with Gasteiger partial charge < -0.3 is 15.4 Å². The van der Waals surface area contributed by atoms with E-state index >= 15 is 0 Å². The van der Waals surface area contributed by atoms with Crippen molar-refractivity contribution in [2.75, 3.05) is 39.1 Å².